The normalized spacial score (nSPS) is 17.6. The Hall–Kier alpha value is -1.77. The molecule has 3 rings (SSSR count). The number of benzene rings is 1. The van der Waals surface area contributed by atoms with Crippen molar-refractivity contribution in [1.29, 1.82) is 0 Å². The molecule has 1 aromatic heterocycles. The van der Waals surface area contributed by atoms with E-state index in [-0.39, 0.29) is 0 Å². The van der Waals surface area contributed by atoms with Crippen LogP contribution in [0.1, 0.15) is 55.0 Å². The van der Waals surface area contributed by atoms with E-state index < -0.39 is 0 Å². The molecule has 1 aliphatic rings. The summed E-state index contributed by atoms with van der Waals surface area (Å²) in [7, 11) is 4.04. The SMILES string of the molecule is CC(C)Cc1ccc(C2CCCc3c2noc3N(C)C)cc1. The molecule has 3 heteroatoms. The largest absolute Gasteiger partial charge is 0.347 e. The van der Waals surface area contributed by atoms with Crippen LogP contribution >= 0.6 is 0 Å². The standard InChI is InChI=1S/C19H26N2O/c1-13(2)12-14-8-10-15(11-9-14)16-6-5-7-17-18(16)20-22-19(17)21(3)4/h8-11,13,16H,5-7,12H2,1-4H3. The fourth-order valence-corrected chi connectivity index (χ4v) is 3.47. The highest BCUT2D eigenvalue weighted by Gasteiger charge is 2.29. The van der Waals surface area contributed by atoms with Gasteiger partial charge in [0.25, 0.3) is 0 Å². The Morgan fingerprint density at radius 1 is 1.23 bits per heavy atom. The lowest BCUT2D eigenvalue weighted by molar-refractivity contribution is 0.411. The van der Waals surface area contributed by atoms with Crippen molar-refractivity contribution in [3.8, 4) is 0 Å². The summed E-state index contributed by atoms with van der Waals surface area (Å²) in [5.41, 5.74) is 5.23. The van der Waals surface area contributed by atoms with Crippen LogP contribution in [-0.2, 0) is 12.8 Å². The van der Waals surface area contributed by atoms with Gasteiger partial charge in [0.15, 0.2) is 0 Å². The first-order valence-electron chi connectivity index (χ1n) is 8.31. The van der Waals surface area contributed by atoms with Crippen LogP contribution in [0.15, 0.2) is 28.8 Å². The maximum Gasteiger partial charge on any atom is 0.230 e. The summed E-state index contributed by atoms with van der Waals surface area (Å²) in [6.45, 7) is 4.53. The van der Waals surface area contributed by atoms with Gasteiger partial charge >= 0.3 is 0 Å². The quantitative estimate of drug-likeness (QED) is 0.837. The maximum absolute atomic E-state index is 5.58. The van der Waals surface area contributed by atoms with Crippen molar-refractivity contribution in [2.45, 2.75) is 45.4 Å². The smallest absolute Gasteiger partial charge is 0.230 e. The Morgan fingerprint density at radius 3 is 2.59 bits per heavy atom. The van der Waals surface area contributed by atoms with Gasteiger partial charge in [-0.05, 0) is 42.7 Å². The fourth-order valence-electron chi connectivity index (χ4n) is 3.47. The molecule has 1 unspecified atom stereocenters. The van der Waals surface area contributed by atoms with Crippen LogP contribution in [0.25, 0.3) is 0 Å². The van der Waals surface area contributed by atoms with Crippen molar-refractivity contribution in [2.75, 3.05) is 19.0 Å². The van der Waals surface area contributed by atoms with Crippen LogP contribution < -0.4 is 4.90 Å². The second kappa shape index (κ2) is 6.15. The lowest BCUT2D eigenvalue weighted by Crippen LogP contribution is -2.14. The zero-order valence-corrected chi connectivity index (χ0v) is 14.1. The molecule has 22 heavy (non-hydrogen) atoms. The van der Waals surface area contributed by atoms with Gasteiger partial charge in [-0.3, -0.25) is 0 Å². The van der Waals surface area contributed by atoms with Gasteiger partial charge in [0.05, 0.1) is 5.69 Å². The molecule has 1 heterocycles. The molecule has 0 amide bonds. The average molecular weight is 298 g/mol. The molecule has 0 saturated carbocycles. The maximum atomic E-state index is 5.58. The average Bonchev–Trinajstić information content (AvgIpc) is 2.91. The minimum Gasteiger partial charge on any atom is -0.347 e. The van der Waals surface area contributed by atoms with Crippen molar-refractivity contribution >= 4 is 5.88 Å². The molecule has 0 N–H and O–H groups in total. The summed E-state index contributed by atoms with van der Waals surface area (Å²) in [6.07, 6.45) is 4.59. The Morgan fingerprint density at radius 2 is 1.95 bits per heavy atom. The van der Waals surface area contributed by atoms with Crippen LogP contribution in [0, 0.1) is 5.92 Å². The molecule has 3 nitrogen and oxygen atoms in total. The van der Waals surface area contributed by atoms with Crippen LogP contribution in [0.5, 0.6) is 0 Å². The first-order valence-corrected chi connectivity index (χ1v) is 8.31. The van der Waals surface area contributed by atoms with E-state index in [1.807, 2.05) is 19.0 Å². The van der Waals surface area contributed by atoms with Crippen LogP contribution in [0.3, 0.4) is 0 Å². The predicted octanol–water partition coefficient (Wildman–Crippen LogP) is 4.41. The molecule has 0 spiro atoms. The number of aromatic nitrogens is 1. The van der Waals surface area contributed by atoms with Crippen LogP contribution in [0.2, 0.25) is 0 Å². The van der Waals surface area contributed by atoms with Gasteiger partial charge in [-0.2, -0.15) is 0 Å². The summed E-state index contributed by atoms with van der Waals surface area (Å²) >= 11 is 0. The highest BCUT2D eigenvalue weighted by atomic mass is 16.5. The van der Waals surface area contributed by atoms with Gasteiger partial charge in [0, 0.05) is 25.6 Å². The third-order valence-electron chi connectivity index (χ3n) is 4.48. The number of hydrogen-bond acceptors (Lipinski definition) is 3. The molecule has 0 fully saturated rings. The number of hydrogen-bond donors (Lipinski definition) is 0. The van der Waals surface area contributed by atoms with Crippen molar-refractivity contribution in [1.82, 2.24) is 5.16 Å². The second-order valence-corrected chi connectivity index (χ2v) is 7.03. The Labute approximate surface area is 133 Å². The summed E-state index contributed by atoms with van der Waals surface area (Å²) in [5.74, 6) is 2.01. The van der Waals surface area contributed by atoms with Crippen LogP contribution in [0.4, 0.5) is 5.88 Å². The number of fused-ring (bicyclic) bond motifs is 1. The van der Waals surface area contributed by atoms with E-state index in [2.05, 4.69) is 43.3 Å². The van der Waals surface area contributed by atoms with E-state index in [0.29, 0.717) is 11.8 Å². The van der Waals surface area contributed by atoms with E-state index >= 15 is 0 Å². The molecule has 1 aromatic carbocycles. The predicted molar refractivity (Wildman–Crippen MR) is 90.6 cm³/mol. The van der Waals surface area contributed by atoms with Crippen molar-refractivity contribution < 1.29 is 4.52 Å². The highest BCUT2D eigenvalue weighted by Crippen LogP contribution is 2.39. The summed E-state index contributed by atoms with van der Waals surface area (Å²) in [5, 5.41) is 4.39. The molecule has 0 radical (unpaired) electrons. The Kier molecular flexibility index (Phi) is 4.23. The van der Waals surface area contributed by atoms with Gasteiger partial charge in [0.2, 0.25) is 5.88 Å². The summed E-state index contributed by atoms with van der Waals surface area (Å²) in [6, 6.07) is 9.11. The third kappa shape index (κ3) is 2.90. The molecule has 1 aliphatic carbocycles. The molecule has 0 aliphatic heterocycles. The van der Waals surface area contributed by atoms with Gasteiger partial charge < -0.3 is 9.42 Å². The first-order chi connectivity index (χ1) is 10.6. The topological polar surface area (TPSA) is 29.3 Å². The van der Waals surface area contributed by atoms with Crippen LogP contribution in [-0.4, -0.2) is 19.3 Å². The molecule has 2 aromatic rings. The first kappa shape index (κ1) is 15.1. The van der Waals surface area contributed by atoms with E-state index in [9.17, 15) is 0 Å². The summed E-state index contributed by atoms with van der Waals surface area (Å²) in [4.78, 5) is 2.03. The van der Waals surface area contributed by atoms with E-state index in [1.165, 1.54) is 23.1 Å². The number of nitrogens with zero attached hydrogens (tertiary/aromatic N) is 2. The van der Waals surface area contributed by atoms with E-state index in [4.69, 9.17) is 4.52 Å². The number of rotatable bonds is 4. The zero-order valence-electron chi connectivity index (χ0n) is 14.1. The van der Waals surface area contributed by atoms with Gasteiger partial charge in [-0.1, -0.05) is 43.3 Å². The number of anilines is 1. The molecule has 118 valence electrons. The second-order valence-electron chi connectivity index (χ2n) is 7.03. The zero-order chi connectivity index (χ0) is 15.7. The molecule has 0 saturated heterocycles. The monoisotopic (exact) mass is 298 g/mol. The Balaban J connectivity index is 1.88. The van der Waals surface area contributed by atoms with Gasteiger partial charge in [0.1, 0.15) is 0 Å². The highest BCUT2D eigenvalue weighted by molar-refractivity contribution is 5.49. The molecule has 1 atom stereocenters. The van der Waals surface area contributed by atoms with E-state index in [0.717, 1.165) is 30.8 Å². The lowest BCUT2D eigenvalue weighted by Gasteiger charge is -2.22. The van der Waals surface area contributed by atoms with E-state index in [1.54, 1.807) is 0 Å². The minimum atomic E-state index is 0.384. The van der Waals surface area contributed by atoms with Crippen molar-refractivity contribution in [2.24, 2.45) is 5.92 Å². The Bertz CT molecular complexity index is 625. The van der Waals surface area contributed by atoms with Gasteiger partial charge in [-0.15, -0.1) is 0 Å². The minimum absolute atomic E-state index is 0.384. The fraction of sp³-hybridized carbons (Fsp3) is 0.526. The molecule has 0 bridgehead atoms. The van der Waals surface area contributed by atoms with Crippen molar-refractivity contribution in [3.05, 3.63) is 46.6 Å². The van der Waals surface area contributed by atoms with Crippen molar-refractivity contribution in [3.63, 3.8) is 0 Å². The summed E-state index contributed by atoms with van der Waals surface area (Å²) < 4.78 is 5.58. The lowest BCUT2D eigenvalue weighted by atomic mass is 9.82. The third-order valence-corrected chi connectivity index (χ3v) is 4.48. The molecular formula is C19H26N2O. The molecular weight excluding hydrogens is 272 g/mol. The van der Waals surface area contributed by atoms with Gasteiger partial charge in [-0.25, -0.2) is 0 Å².